The van der Waals surface area contributed by atoms with Gasteiger partial charge in [0.2, 0.25) is 5.91 Å². The van der Waals surface area contributed by atoms with Crippen molar-refractivity contribution in [3.8, 4) is 0 Å². The van der Waals surface area contributed by atoms with Gasteiger partial charge in [-0.3, -0.25) is 14.4 Å². The molecule has 2 rings (SSSR count). The van der Waals surface area contributed by atoms with E-state index in [1.165, 1.54) is 18.3 Å². The normalized spacial score (nSPS) is 14.8. The Morgan fingerprint density at radius 2 is 1.65 bits per heavy atom. The molecule has 5 atom stereocenters. The molecule has 1 aromatic carbocycles. The minimum atomic E-state index is -0.858. The van der Waals surface area contributed by atoms with Crippen LogP contribution in [0.2, 0.25) is 0 Å². The fourth-order valence-electron chi connectivity index (χ4n) is 5.41. The van der Waals surface area contributed by atoms with E-state index in [4.69, 9.17) is 14.2 Å². The molecule has 1 heterocycles. The number of esters is 2. The fraction of sp³-hybridized carbons (Fsp3) is 0.579. The molecule has 3 amide bonds. The minimum Gasteiger partial charge on any atom is -0.463 e. The van der Waals surface area contributed by atoms with Gasteiger partial charge in [0.25, 0.3) is 5.91 Å². The van der Waals surface area contributed by atoms with Crippen molar-refractivity contribution < 1.29 is 38.2 Å². The number of hydrogen-bond acceptors (Lipinski definition) is 10. The Morgan fingerprint density at radius 1 is 1.00 bits per heavy atom. The summed E-state index contributed by atoms with van der Waals surface area (Å²) in [6, 6.07) is 7.74. The van der Waals surface area contributed by atoms with Gasteiger partial charge < -0.3 is 29.7 Å². The summed E-state index contributed by atoms with van der Waals surface area (Å²) in [5.74, 6) is -2.04. The number of aromatic nitrogens is 1. The predicted octanol–water partition coefficient (Wildman–Crippen LogP) is 6.41. The monoisotopic (exact) mass is 728 g/mol. The van der Waals surface area contributed by atoms with E-state index < -0.39 is 53.8 Å². The van der Waals surface area contributed by atoms with E-state index in [9.17, 15) is 24.0 Å². The zero-order chi connectivity index (χ0) is 38.5. The average Bonchev–Trinajstić information content (AvgIpc) is 3.54. The summed E-state index contributed by atoms with van der Waals surface area (Å²) in [5, 5.41) is 7.72. The molecule has 0 unspecified atom stereocenters. The van der Waals surface area contributed by atoms with Gasteiger partial charge in [0.15, 0.2) is 6.10 Å². The molecule has 0 aliphatic heterocycles. The molecule has 51 heavy (non-hydrogen) atoms. The van der Waals surface area contributed by atoms with E-state index in [-0.39, 0.29) is 36.5 Å². The minimum absolute atomic E-state index is 0.0768. The van der Waals surface area contributed by atoms with Gasteiger partial charge in [-0.05, 0) is 58.4 Å². The molecule has 0 spiro atoms. The van der Waals surface area contributed by atoms with Crippen molar-refractivity contribution in [2.45, 2.75) is 118 Å². The Balaban J connectivity index is 2.35. The predicted molar refractivity (Wildman–Crippen MR) is 197 cm³/mol. The van der Waals surface area contributed by atoms with Crippen LogP contribution in [0.1, 0.15) is 109 Å². The molecular weight excluding hydrogens is 673 g/mol. The lowest BCUT2D eigenvalue weighted by Crippen LogP contribution is -2.55. The first-order valence-electron chi connectivity index (χ1n) is 17.5. The van der Waals surface area contributed by atoms with Crippen LogP contribution in [0.15, 0.2) is 47.4 Å². The molecule has 12 nitrogen and oxygen atoms in total. The molecule has 0 fully saturated rings. The highest BCUT2D eigenvalue weighted by molar-refractivity contribution is 7.09. The number of amides is 3. The molecule has 2 aromatic rings. The van der Waals surface area contributed by atoms with Gasteiger partial charge in [0.1, 0.15) is 22.3 Å². The lowest BCUT2D eigenvalue weighted by Gasteiger charge is -2.37. The Bertz CT molecular complexity index is 1500. The van der Waals surface area contributed by atoms with Crippen molar-refractivity contribution in [2.75, 3.05) is 13.7 Å². The van der Waals surface area contributed by atoms with Crippen LogP contribution in [-0.2, 0) is 35.0 Å². The molecule has 0 aliphatic rings. The summed E-state index contributed by atoms with van der Waals surface area (Å²) in [4.78, 5) is 71.0. The molecule has 282 valence electrons. The molecule has 1 aromatic heterocycles. The molecule has 13 heteroatoms. The van der Waals surface area contributed by atoms with Crippen molar-refractivity contribution in [1.29, 1.82) is 0 Å². The number of alkyl carbamates (subject to hydrolysis) is 1. The molecule has 0 aliphatic carbocycles. The number of carbonyl (C=O) groups excluding carboxylic acids is 5. The van der Waals surface area contributed by atoms with Crippen molar-refractivity contribution in [3.63, 3.8) is 0 Å². The summed E-state index contributed by atoms with van der Waals surface area (Å²) in [6.45, 7) is 17.9. The number of thiazole rings is 1. The lowest BCUT2D eigenvalue weighted by molar-refractivity contribution is -0.148. The van der Waals surface area contributed by atoms with Crippen LogP contribution in [0.4, 0.5) is 4.79 Å². The van der Waals surface area contributed by atoms with Crippen molar-refractivity contribution >= 4 is 41.2 Å². The van der Waals surface area contributed by atoms with Crippen LogP contribution in [0.25, 0.3) is 0 Å². The van der Waals surface area contributed by atoms with Crippen LogP contribution in [0.3, 0.4) is 0 Å². The van der Waals surface area contributed by atoms with Crippen LogP contribution in [0, 0.1) is 11.8 Å². The highest BCUT2D eigenvalue weighted by atomic mass is 32.1. The van der Waals surface area contributed by atoms with Crippen molar-refractivity contribution in [2.24, 2.45) is 11.8 Å². The van der Waals surface area contributed by atoms with E-state index in [1.54, 1.807) is 58.0 Å². The molecule has 2 N–H and O–H groups in total. The third kappa shape index (κ3) is 14.1. The average molecular weight is 729 g/mol. The summed E-state index contributed by atoms with van der Waals surface area (Å²) < 4.78 is 16.3. The standard InChI is InChI=1S/C38H56N4O8S/c1-12-24(5)32(41-37(47)50-38(8,9)10)35(45)42(11)30(23(3)4)21-31(49-26(7)43)34-40-29(22-51-34)33(44)39-28(19-25(6)36(46)48-13-2)20-27-17-15-14-16-18-27/h14-19,22-24,28,30-32H,12-13,20-21H2,1-11H3,(H,39,44)(H,41,47)/b25-19+/t24-,28+,30+,31+,32+/m0/s1. The maximum absolute atomic E-state index is 14.0. The number of likely N-dealkylation sites (N-methyl/N-ethyl adjacent to an activating group) is 1. The summed E-state index contributed by atoms with van der Waals surface area (Å²) >= 11 is 1.17. The van der Waals surface area contributed by atoms with Crippen LogP contribution < -0.4 is 10.6 Å². The second kappa shape index (κ2) is 20.0. The number of hydrogen-bond donors (Lipinski definition) is 2. The van der Waals surface area contributed by atoms with Crippen molar-refractivity contribution in [3.05, 3.63) is 63.6 Å². The van der Waals surface area contributed by atoms with Gasteiger partial charge >= 0.3 is 18.0 Å². The highest BCUT2D eigenvalue weighted by Gasteiger charge is 2.36. The molecule has 0 bridgehead atoms. The first-order valence-corrected chi connectivity index (χ1v) is 18.3. The van der Waals surface area contributed by atoms with Gasteiger partial charge in [-0.2, -0.15) is 0 Å². The number of rotatable bonds is 17. The van der Waals surface area contributed by atoms with Crippen molar-refractivity contribution in [1.82, 2.24) is 20.5 Å². The summed E-state index contributed by atoms with van der Waals surface area (Å²) in [5.41, 5.74) is 0.708. The largest absolute Gasteiger partial charge is 0.463 e. The van der Waals surface area contributed by atoms with Gasteiger partial charge in [0, 0.05) is 37.4 Å². The van der Waals surface area contributed by atoms with Gasteiger partial charge in [0.05, 0.1) is 12.6 Å². The zero-order valence-corrected chi connectivity index (χ0v) is 32.7. The first kappa shape index (κ1) is 42.9. The smallest absolute Gasteiger partial charge is 0.408 e. The van der Waals surface area contributed by atoms with E-state index in [0.717, 1.165) is 5.56 Å². The van der Waals surface area contributed by atoms with E-state index in [0.29, 0.717) is 23.4 Å². The first-order chi connectivity index (χ1) is 23.9. The number of carbonyl (C=O) groups is 5. The third-order valence-electron chi connectivity index (χ3n) is 8.22. The number of benzene rings is 1. The lowest BCUT2D eigenvalue weighted by atomic mass is 9.93. The quantitative estimate of drug-likeness (QED) is 0.107. The highest BCUT2D eigenvalue weighted by Crippen LogP contribution is 2.31. The van der Waals surface area contributed by atoms with E-state index in [1.807, 2.05) is 58.0 Å². The second-order valence-corrected chi connectivity index (χ2v) is 14.9. The second-order valence-electron chi connectivity index (χ2n) is 14.0. The number of ether oxygens (including phenoxy) is 3. The molecule has 0 radical (unpaired) electrons. The van der Waals surface area contributed by atoms with Gasteiger partial charge in [-0.25, -0.2) is 14.6 Å². The maximum Gasteiger partial charge on any atom is 0.408 e. The number of nitrogens with zero attached hydrogens (tertiary/aromatic N) is 2. The summed E-state index contributed by atoms with van der Waals surface area (Å²) in [7, 11) is 1.67. The fourth-order valence-corrected chi connectivity index (χ4v) is 6.25. The Kier molecular flexibility index (Phi) is 16.8. The Labute approximate surface area is 306 Å². The topological polar surface area (TPSA) is 153 Å². The third-order valence-corrected chi connectivity index (χ3v) is 9.16. The zero-order valence-electron chi connectivity index (χ0n) is 31.9. The molecular formula is C38H56N4O8S. The summed E-state index contributed by atoms with van der Waals surface area (Å²) in [6.07, 6.45) is 1.39. The Morgan fingerprint density at radius 3 is 2.20 bits per heavy atom. The van der Waals surface area contributed by atoms with Gasteiger partial charge in [-0.15, -0.1) is 11.3 Å². The van der Waals surface area contributed by atoms with E-state index in [2.05, 4.69) is 15.6 Å². The Hall–Kier alpha value is -4.26. The maximum atomic E-state index is 14.0. The number of nitrogens with one attached hydrogen (secondary N) is 2. The molecule has 0 saturated carbocycles. The van der Waals surface area contributed by atoms with E-state index >= 15 is 0 Å². The SMILES string of the molecule is CCOC(=O)/C(C)=C/[C@H](Cc1ccccc1)NC(=O)c1csc([C@@H](C[C@H](C(C)C)N(C)C(=O)[C@H](NC(=O)OC(C)(C)C)[C@@H](C)CC)OC(C)=O)n1. The molecule has 0 saturated heterocycles. The van der Waals surface area contributed by atoms with Crippen LogP contribution in [0.5, 0.6) is 0 Å². The van der Waals surface area contributed by atoms with Crippen LogP contribution in [-0.4, -0.2) is 77.1 Å². The van der Waals surface area contributed by atoms with Crippen LogP contribution >= 0.6 is 11.3 Å². The van der Waals surface area contributed by atoms with Gasteiger partial charge in [-0.1, -0.05) is 70.5 Å².